The topological polar surface area (TPSA) is 29.5 Å². The van der Waals surface area contributed by atoms with Gasteiger partial charge in [0.1, 0.15) is 0 Å². The lowest BCUT2D eigenvalue weighted by atomic mass is 9.74. The second-order valence-electron chi connectivity index (χ2n) is 5.94. The summed E-state index contributed by atoms with van der Waals surface area (Å²) < 4.78 is 5.90. The highest BCUT2D eigenvalue weighted by Crippen LogP contribution is 2.63. The second-order valence-corrected chi connectivity index (χ2v) is 5.94. The van der Waals surface area contributed by atoms with Crippen molar-refractivity contribution in [2.24, 2.45) is 5.41 Å². The summed E-state index contributed by atoms with van der Waals surface area (Å²) in [6.45, 7) is 4.45. The van der Waals surface area contributed by atoms with Crippen LogP contribution in [0.15, 0.2) is 30.3 Å². The molecule has 92 valence electrons. The first-order chi connectivity index (χ1) is 8.05. The Balaban J connectivity index is 1.98. The molecule has 0 aromatic heterocycles. The van der Waals surface area contributed by atoms with Gasteiger partial charge in [0.15, 0.2) is 6.29 Å². The van der Waals surface area contributed by atoms with Crippen LogP contribution >= 0.6 is 0 Å². The second kappa shape index (κ2) is 3.56. The third-order valence-electron chi connectivity index (χ3n) is 4.88. The molecule has 1 saturated heterocycles. The molecule has 1 aromatic carbocycles. The van der Waals surface area contributed by atoms with Gasteiger partial charge in [-0.2, -0.15) is 0 Å². The molecule has 2 fully saturated rings. The number of benzene rings is 1. The summed E-state index contributed by atoms with van der Waals surface area (Å²) in [6, 6.07) is 10.5. The standard InChI is InChI=1S/C15H20O2/c1-14(8-9-14)15(2)12(10-13(16)17-15)11-6-4-3-5-7-11/h3-7,12-13,16H,8-10H2,1-2H3/t12-,13?,15+/m0/s1. The minimum Gasteiger partial charge on any atom is -0.368 e. The molecule has 1 heterocycles. The zero-order valence-corrected chi connectivity index (χ0v) is 10.5. The van der Waals surface area contributed by atoms with Crippen molar-refractivity contribution in [2.45, 2.75) is 50.9 Å². The van der Waals surface area contributed by atoms with Gasteiger partial charge >= 0.3 is 0 Å². The predicted molar refractivity (Wildman–Crippen MR) is 66.6 cm³/mol. The molecule has 0 bridgehead atoms. The number of hydrogen-bond acceptors (Lipinski definition) is 2. The van der Waals surface area contributed by atoms with E-state index in [2.05, 4.69) is 38.1 Å². The van der Waals surface area contributed by atoms with Crippen LogP contribution in [0.1, 0.15) is 44.6 Å². The van der Waals surface area contributed by atoms with Gasteiger partial charge in [-0.3, -0.25) is 0 Å². The Kier molecular flexibility index (Phi) is 2.36. The predicted octanol–water partition coefficient (Wildman–Crippen LogP) is 3.07. The summed E-state index contributed by atoms with van der Waals surface area (Å²) in [4.78, 5) is 0. The molecule has 3 rings (SSSR count). The zero-order valence-electron chi connectivity index (χ0n) is 10.5. The van der Waals surface area contributed by atoms with Gasteiger partial charge < -0.3 is 9.84 Å². The molecule has 2 nitrogen and oxygen atoms in total. The van der Waals surface area contributed by atoms with E-state index in [0.29, 0.717) is 5.92 Å². The van der Waals surface area contributed by atoms with Crippen molar-refractivity contribution in [3.8, 4) is 0 Å². The summed E-state index contributed by atoms with van der Waals surface area (Å²) in [5.41, 5.74) is 1.32. The Morgan fingerprint density at radius 3 is 2.41 bits per heavy atom. The van der Waals surface area contributed by atoms with E-state index in [4.69, 9.17) is 4.74 Å². The molecule has 3 atom stereocenters. The molecule has 17 heavy (non-hydrogen) atoms. The van der Waals surface area contributed by atoms with Crippen molar-refractivity contribution in [2.75, 3.05) is 0 Å². The van der Waals surface area contributed by atoms with Crippen LogP contribution in [0, 0.1) is 5.41 Å². The molecule has 1 aliphatic heterocycles. The minimum atomic E-state index is -0.609. The van der Waals surface area contributed by atoms with Gasteiger partial charge in [-0.25, -0.2) is 0 Å². The van der Waals surface area contributed by atoms with Crippen molar-refractivity contribution in [3.63, 3.8) is 0 Å². The van der Waals surface area contributed by atoms with E-state index in [1.165, 1.54) is 18.4 Å². The molecule has 0 radical (unpaired) electrons. The highest BCUT2D eigenvalue weighted by atomic mass is 16.6. The fourth-order valence-corrected chi connectivity index (χ4v) is 3.23. The molecule has 1 aliphatic carbocycles. The van der Waals surface area contributed by atoms with Crippen LogP contribution < -0.4 is 0 Å². The van der Waals surface area contributed by atoms with E-state index >= 15 is 0 Å². The molecule has 2 aliphatic rings. The van der Waals surface area contributed by atoms with Crippen LogP contribution in [0.25, 0.3) is 0 Å². The Morgan fingerprint density at radius 1 is 1.18 bits per heavy atom. The van der Waals surface area contributed by atoms with Crippen molar-refractivity contribution in [1.82, 2.24) is 0 Å². The van der Waals surface area contributed by atoms with E-state index in [1.54, 1.807) is 0 Å². The molecular weight excluding hydrogens is 212 g/mol. The Labute approximate surface area is 103 Å². The van der Waals surface area contributed by atoms with Crippen LogP contribution in [0.3, 0.4) is 0 Å². The maximum Gasteiger partial charge on any atom is 0.156 e. The fourth-order valence-electron chi connectivity index (χ4n) is 3.23. The van der Waals surface area contributed by atoms with Gasteiger partial charge in [-0.15, -0.1) is 0 Å². The maximum absolute atomic E-state index is 9.87. The van der Waals surface area contributed by atoms with Crippen LogP contribution in [0.4, 0.5) is 0 Å². The fraction of sp³-hybridized carbons (Fsp3) is 0.600. The first-order valence-electron chi connectivity index (χ1n) is 6.46. The van der Waals surface area contributed by atoms with E-state index in [1.807, 2.05) is 6.07 Å². The molecule has 1 unspecified atom stereocenters. The van der Waals surface area contributed by atoms with Crippen LogP contribution in [-0.4, -0.2) is 17.0 Å². The highest BCUT2D eigenvalue weighted by Gasteiger charge is 2.61. The van der Waals surface area contributed by atoms with Crippen molar-refractivity contribution in [1.29, 1.82) is 0 Å². The first kappa shape index (κ1) is 11.2. The molecule has 0 amide bonds. The minimum absolute atomic E-state index is 0.215. The lowest BCUT2D eigenvalue weighted by Gasteiger charge is -2.37. The number of aliphatic hydroxyl groups excluding tert-OH is 1. The summed E-state index contributed by atoms with van der Waals surface area (Å²) in [5.74, 6) is 0.311. The summed E-state index contributed by atoms with van der Waals surface area (Å²) in [7, 11) is 0. The average Bonchev–Trinajstić information content (AvgIpc) is 2.99. The third-order valence-corrected chi connectivity index (χ3v) is 4.88. The van der Waals surface area contributed by atoms with Crippen molar-refractivity contribution < 1.29 is 9.84 Å². The van der Waals surface area contributed by atoms with Gasteiger partial charge in [0, 0.05) is 12.3 Å². The van der Waals surface area contributed by atoms with E-state index < -0.39 is 6.29 Å². The average molecular weight is 232 g/mol. The third kappa shape index (κ3) is 1.62. The molecule has 0 spiro atoms. The lowest BCUT2D eigenvalue weighted by molar-refractivity contribution is -0.157. The van der Waals surface area contributed by atoms with Gasteiger partial charge in [0.2, 0.25) is 0 Å². The summed E-state index contributed by atoms with van der Waals surface area (Å²) >= 11 is 0. The Hall–Kier alpha value is -0.860. The highest BCUT2D eigenvalue weighted by molar-refractivity contribution is 5.27. The van der Waals surface area contributed by atoms with E-state index in [0.717, 1.165) is 6.42 Å². The molecular formula is C15H20O2. The van der Waals surface area contributed by atoms with E-state index in [-0.39, 0.29) is 11.0 Å². The Morgan fingerprint density at radius 2 is 1.82 bits per heavy atom. The molecule has 1 saturated carbocycles. The van der Waals surface area contributed by atoms with Gasteiger partial charge in [-0.05, 0) is 30.7 Å². The first-order valence-corrected chi connectivity index (χ1v) is 6.46. The number of rotatable bonds is 2. The van der Waals surface area contributed by atoms with Crippen LogP contribution in [0.5, 0.6) is 0 Å². The normalized spacial score (nSPS) is 39.2. The monoisotopic (exact) mass is 232 g/mol. The number of ether oxygens (including phenoxy) is 1. The van der Waals surface area contributed by atoms with Gasteiger partial charge in [0.25, 0.3) is 0 Å². The molecule has 1 aromatic rings. The lowest BCUT2D eigenvalue weighted by Crippen LogP contribution is -2.39. The number of hydrogen-bond donors (Lipinski definition) is 1. The smallest absolute Gasteiger partial charge is 0.156 e. The Bertz CT molecular complexity index is 410. The molecule has 1 N–H and O–H groups in total. The van der Waals surface area contributed by atoms with Gasteiger partial charge in [-0.1, -0.05) is 37.3 Å². The van der Waals surface area contributed by atoms with Crippen LogP contribution in [-0.2, 0) is 4.74 Å². The van der Waals surface area contributed by atoms with Crippen LogP contribution in [0.2, 0.25) is 0 Å². The number of aliphatic hydroxyl groups is 1. The molecule has 2 heteroatoms. The van der Waals surface area contributed by atoms with Crippen molar-refractivity contribution in [3.05, 3.63) is 35.9 Å². The maximum atomic E-state index is 9.87. The van der Waals surface area contributed by atoms with E-state index in [9.17, 15) is 5.11 Å². The van der Waals surface area contributed by atoms with Crippen molar-refractivity contribution >= 4 is 0 Å². The summed E-state index contributed by atoms with van der Waals surface area (Å²) in [6.07, 6.45) is 2.53. The van der Waals surface area contributed by atoms with Gasteiger partial charge in [0.05, 0.1) is 5.60 Å². The zero-order chi connectivity index (χ0) is 12.1. The quantitative estimate of drug-likeness (QED) is 0.849. The SMILES string of the molecule is CC1([C@]2(C)OC(O)C[C@H]2c2ccccc2)CC1. The largest absolute Gasteiger partial charge is 0.368 e. The summed E-state index contributed by atoms with van der Waals surface area (Å²) in [5, 5.41) is 9.87.